The zero-order chi connectivity index (χ0) is 11.5. The molecule has 1 atom stereocenters. The zero-order valence-corrected chi connectivity index (χ0v) is 8.99. The van der Waals surface area contributed by atoms with Gasteiger partial charge in [-0.25, -0.2) is 0 Å². The van der Waals surface area contributed by atoms with E-state index in [4.69, 9.17) is 9.84 Å². The Balaban J connectivity index is 2.27. The number of aliphatic hydroxyl groups is 1. The van der Waals surface area contributed by atoms with E-state index in [-0.39, 0.29) is 12.5 Å². The molecule has 1 heterocycles. The van der Waals surface area contributed by atoms with E-state index < -0.39 is 6.04 Å². The van der Waals surface area contributed by atoms with Crippen LogP contribution in [0.5, 0.6) is 5.75 Å². The quantitative estimate of drug-likeness (QED) is 0.684. The molecule has 1 aliphatic heterocycles. The number of hydrogen-bond donors (Lipinski definition) is 3. The molecule has 5 nitrogen and oxygen atoms in total. The van der Waals surface area contributed by atoms with Gasteiger partial charge < -0.3 is 15.2 Å². The van der Waals surface area contributed by atoms with Crippen molar-refractivity contribution in [3.05, 3.63) is 23.8 Å². The highest BCUT2D eigenvalue weighted by Gasteiger charge is 2.30. The van der Waals surface area contributed by atoms with Gasteiger partial charge in [0.25, 0.3) is 0 Å². The fourth-order valence-corrected chi connectivity index (χ4v) is 1.78. The van der Waals surface area contributed by atoms with Crippen LogP contribution in [0.4, 0.5) is 5.69 Å². The van der Waals surface area contributed by atoms with Gasteiger partial charge in [-0.05, 0) is 18.2 Å². The van der Waals surface area contributed by atoms with Crippen molar-refractivity contribution in [3.63, 3.8) is 0 Å². The van der Waals surface area contributed by atoms with Crippen LogP contribution in [0, 0.1) is 0 Å². The smallest absolute Gasteiger partial charge is 0.246 e. The van der Waals surface area contributed by atoms with Crippen molar-refractivity contribution in [1.82, 2.24) is 5.32 Å². The lowest BCUT2D eigenvalue weighted by molar-refractivity contribution is -0.117. The Hall–Kier alpha value is -1.59. The van der Waals surface area contributed by atoms with Crippen molar-refractivity contribution >= 4 is 11.6 Å². The summed E-state index contributed by atoms with van der Waals surface area (Å²) >= 11 is 0. The molecule has 2 rings (SSSR count). The third kappa shape index (κ3) is 1.87. The molecule has 86 valence electrons. The van der Waals surface area contributed by atoms with E-state index in [0.717, 1.165) is 11.3 Å². The second kappa shape index (κ2) is 4.51. The molecular weight excluding hydrogens is 208 g/mol. The van der Waals surface area contributed by atoms with Gasteiger partial charge in [0.2, 0.25) is 5.91 Å². The predicted molar refractivity (Wildman–Crippen MR) is 59.5 cm³/mol. The lowest BCUT2D eigenvalue weighted by Gasteiger charge is -2.10. The Morgan fingerprint density at radius 1 is 1.56 bits per heavy atom. The van der Waals surface area contributed by atoms with E-state index >= 15 is 0 Å². The Morgan fingerprint density at radius 3 is 3.06 bits per heavy atom. The standard InChI is InChI=1S/C11H14N2O3/c1-16-7-2-3-9-8(6-7)10(11(15)13-9)12-4-5-14/h2-3,6,10,12,14H,4-5H2,1H3,(H,13,15). The van der Waals surface area contributed by atoms with Crippen LogP contribution in [-0.2, 0) is 4.79 Å². The Morgan fingerprint density at radius 2 is 2.38 bits per heavy atom. The van der Waals surface area contributed by atoms with Gasteiger partial charge in [-0.15, -0.1) is 0 Å². The summed E-state index contributed by atoms with van der Waals surface area (Å²) in [5.74, 6) is 0.614. The number of hydrogen-bond acceptors (Lipinski definition) is 4. The average molecular weight is 222 g/mol. The summed E-state index contributed by atoms with van der Waals surface area (Å²) in [5, 5.41) is 14.5. The molecule has 5 heteroatoms. The molecular formula is C11H14N2O3. The minimum absolute atomic E-state index is 0.00306. The van der Waals surface area contributed by atoms with Crippen molar-refractivity contribution in [2.24, 2.45) is 0 Å². The van der Waals surface area contributed by atoms with Crippen LogP contribution in [0.15, 0.2) is 18.2 Å². The first-order valence-electron chi connectivity index (χ1n) is 5.09. The summed E-state index contributed by atoms with van der Waals surface area (Å²) in [7, 11) is 1.59. The molecule has 1 aromatic carbocycles. The molecule has 0 aliphatic carbocycles. The Labute approximate surface area is 93.4 Å². The van der Waals surface area contributed by atoms with Crippen molar-refractivity contribution in [2.45, 2.75) is 6.04 Å². The normalized spacial score (nSPS) is 18.1. The van der Waals surface area contributed by atoms with Gasteiger partial charge >= 0.3 is 0 Å². The van der Waals surface area contributed by atoms with Gasteiger partial charge in [0, 0.05) is 17.8 Å². The number of amides is 1. The van der Waals surface area contributed by atoms with Gasteiger partial charge in [-0.3, -0.25) is 10.1 Å². The van der Waals surface area contributed by atoms with Gasteiger partial charge in [0.1, 0.15) is 11.8 Å². The van der Waals surface area contributed by atoms with Crippen LogP contribution in [0.25, 0.3) is 0 Å². The number of anilines is 1. The average Bonchev–Trinajstić information content (AvgIpc) is 2.61. The number of fused-ring (bicyclic) bond motifs is 1. The molecule has 0 spiro atoms. The Kier molecular flexibility index (Phi) is 3.07. The van der Waals surface area contributed by atoms with Crippen molar-refractivity contribution in [3.8, 4) is 5.75 Å². The highest BCUT2D eigenvalue weighted by atomic mass is 16.5. The van der Waals surface area contributed by atoms with Gasteiger partial charge in [-0.2, -0.15) is 0 Å². The summed E-state index contributed by atoms with van der Waals surface area (Å²) in [5.41, 5.74) is 1.65. The predicted octanol–water partition coefficient (Wildman–Crippen LogP) is 0.270. The summed E-state index contributed by atoms with van der Waals surface area (Å²) in [4.78, 5) is 11.6. The highest BCUT2D eigenvalue weighted by Crippen LogP contribution is 2.33. The summed E-state index contributed by atoms with van der Waals surface area (Å²) in [6.45, 7) is 0.387. The van der Waals surface area contributed by atoms with E-state index in [1.807, 2.05) is 12.1 Å². The molecule has 0 aromatic heterocycles. The van der Waals surface area contributed by atoms with E-state index in [2.05, 4.69) is 10.6 Å². The maximum atomic E-state index is 11.6. The number of rotatable bonds is 4. The SMILES string of the molecule is COc1ccc2c(c1)C(NCCO)C(=O)N2. The minimum atomic E-state index is -0.405. The van der Waals surface area contributed by atoms with E-state index in [0.29, 0.717) is 12.3 Å². The summed E-state index contributed by atoms with van der Waals surface area (Å²) in [6.07, 6.45) is 0. The lowest BCUT2D eigenvalue weighted by Crippen LogP contribution is -2.29. The number of methoxy groups -OCH3 is 1. The molecule has 0 radical (unpaired) electrons. The fraction of sp³-hybridized carbons (Fsp3) is 0.364. The molecule has 1 aliphatic rings. The van der Waals surface area contributed by atoms with Crippen LogP contribution in [0.2, 0.25) is 0 Å². The molecule has 1 unspecified atom stereocenters. The van der Waals surface area contributed by atoms with Crippen LogP contribution < -0.4 is 15.4 Å². The number of ether oxygens (including phenoxy) is 1. The molecule has 1 aromatic rings. The topological polar surface area (TPSA) is 70.6 Å². The molecule has 1 amide bonds. The van der Waals surface area contributed by atoms with Gasteiger partial charge in [0.15, 0.2) is 0 Å². The number of carbonyl (C=O) groups is 1. The number of aliphatic hydroxyl groups excluding tert-OH is 1. The zero-order valence-electron chi connectivity index (χ0n) is 8.99. The molecule has 0 fully saturated rings. The molecule has 0 bridgehead atoms. The van der Waals surface area contributed by atoms with Gasteiger partial charge in [0.05, 0.1) is 13.7 Å². The third-order valence-corrected chi connectivity index (χ3v) is 2.55. The summed E-state index contributed by atoms with van der Waals surface area (Å²) < 4.78 is 5.11. The largest absolute Gasteiger partial charge is 0.497 e. The lowest BCUT2D eigenvalue weighted by atomic mass is 10.1. The highest BCUT2D eigenvalue weighted by molar-refractivity contribution is 6.02. The van der Waals surface area contributed by atoms with E-state index in [1.54, 1.807) is 13.2 Å². The second-order valence-electron chi connectivity index (χ2n) is 3.55. The number of benzene rings is 1. The van der Waals surface area contributed by atoms with E-state index in [9.17, 15) is 4.79 Å². The van der Waals surface area contributed by atoms with Gasteiger partial charge in [-0.1, -0.05) is 0 Å². The Bertz CT molecular complexity index is 406. The van der Waals surface area contributed by atoms with Crippen molar-refractivity contribution in [2.75, 3.05) is 25.6 Å². The first-order valence-corrected chi connectivity index (χ1v) is 5.09. The fourth-order valence-electron chi connectivity index (χ4n) is 1.78. The summed E-state index contributed by atoms with van der Waals surface area (Å²) in [6, 6.07) is 5.03. The van der Waals surface area contributed by atoms with Crippen LogP contribution in [-0.4, -0.2) is 31.3 Å². The molecule has 0 saturated carbocycles. The molecule has 0 saturated heterocycles. The minimum Gasteiger partial charge on any atom is -0.497 e. The van der Waals surface area contributed by atoms with Crippen LogP contribution >= 0.6 is 0 Å². The number of carbonyl (C=O) groups excluding carboxylic acids is 1. The van der Waals surface area contributed by atoms with Crippen LogP contribution in [0.3, 0.4) is 0 Å². The second-order valence-corrected chi connectivity index (χ2v) is 3.55. The van der Waals surface area contributed by atoms with E-state index in [1.165, 1.54) is 0 Å². The first-order chi connectivity index (χ1) is 7.76. The number of nitrogens with one attached hydrogen (secondary N) is 2. The van der Waals surface area contributed by atoms with Crippen LogP contribution in [0.1, 0.15) is 11.6 Å². The monoisotopic (exact) mass is 222 g/mol. The maximum Gasteiger partial charge on any atom is 0.246 e. The maximum absolute atomic E-state index is 11.6. The van der Waals surface area contributed by atoms with Crippen molar-refractivity contribution in [1.29, 1.82) is 0 Å². The first kappa shape index (κ1) is 10.9. The van der Waals surface area contributed by atoms with Crippen molar-refractivity contribution < 1.29 is 14.6 Å². The molecule has 3 N–H and O–H groups in total. The third-order valence-electron chi connectivity index (χ3n) is 2.55. The molecule has 16 heavy (non-hydrogen) atoms.